The minimum atomic E-state index is -0.154. The molecular formula is C11H21N3O3. The van der Waals surface area contributed by atoms with Gasteiger partial charge in [0.15, 0.2) is 0 Å². The first-order valence-corrected chi connectivity index (χ1v) is 5.86. The van der Waals surface area contributed by atoms with Gasteiger partial charge in [0.2, 0.25) is 5.91 Å². The van der Waals surface area contributed by atoms with Crippen molar-refractivity contribution in [1.82, 2.24) is 4.90 Å². The fourth-order valence-corrected chi connectivity index (χ4v) is 1.94. The molecule has 1 rings (SSSR count). The first kappa shape index (κ1) is 13.8. The fraction of sp³-hybridized carbons (Fsp3) is 0.818. The van der Waals surface area contributed by atoms with Gasteiger partial charge in [0.1, 0.15) is 5.84 Å². The Balaban J connectivity index is 2.45. The van der Waals surface area contributed by atoms with Crippen molar-refractivity contribution in [2.24, 2.45) is 22.7 Å². The fourth-order valence-electron chi connectivity index (χ4n) is 1.94. The average molecular weight is 243 g/mol. The van der Waals surface area contributed by atoms with Crippen molar-refractivity contribution < 1.29 is 14.7 Å². The maximum absolute atomic E-state index is 12.0. The monoisotopic (exact) mass is 243 g/mol. The summed E-state index contributed by atoms with van der Waals surface area (Å²) in [5, 5.41) is 11.5. The molecule has 1 aliphatic rings. The molecule has 0 aromatic heterocycles. The van der Waals surface area contributed by atoms with Crippen LogP contribution in [0.5, 0.6) is 0 Å². The van der Waals surface area contributed by atoms with E-state index in [1.807, 2.05) is 6.92 Å². The van der Waals surface area contributed by atoms with Gasteiger partial charge in [-0.25, -0.2) is 0 Å². The molecule has 0 bridgehead atoms. The third-order valence-corrected chi connectivity index (χ3v) is 3.05. The predicted octanol–water partition coefficient (Wildman–Crippen LogP) is 0.254. The maximum Gasteiger partial charge on any atom is 0.227 e. The van der Waals surface area contributed by atoms with Crippen LogP contribution in [0, 0.1) is 11.8 Å². The lowest BCUT2D eigenvalue weighted by molar-refractivity contribution is -0.138. The molecule has 6 heteroatoms. The van der Waals surface area contributed by atoms with E-state index < -0.39 is 0 Å². The van der Waals surface area contributed by atoms with Crippen LogP contribution in [0.1, 0.15) is 19.8 Å². The molecule has 0 aromatic carbocycles. The molecule has 98 valence electrons. The van der Waals surface area contributed by atoms with Crippen LogP contribution >= 0.6 is 0 Å². The van der Waals surface area contributed by atoms with Crippen molar-refractivity contribution >= 4 is 11.7 Å². The largest absolute Gasteiger partial charge is 0.409 e. The average Bonchev–Trinajstić information content (AvgIpc) is 2.37. The number of carbonyl (C=O) groups excluding carboxylic acids is 1. The minimum Gasteiger partial charge on any atom is -0.409 e. The van der Waals surface area contributed by atoms with Gasteiger partial charge in [0.05, 0.1) is 12.5 Å². The Morgan fingerprint density at radius 3 is 2.94 bits per heavy atom. The normalized spacial score (nSPS) is 23.2. The number of amides is 1. The highest BCUT2D eigenvalue weighted by atomic mass is 16.5. The zero-order chi connectivity index (χ0) is 12.8. The molecular weight excluding hydrogens is 222 g/mol. The molecule has 1 amide bonds. The van der Waals surface area contributed by atoms with Crippen LogP contribution in [-0.2, 0) is 9.53 Å². The van der Waals surface area contributed by atoms with Crippen molar-refractivity contribution in [3.05, 3.63) is 0 Å². The van der Waals surface area contributed by atoms with Crippen molar-refractivity contribution in [2.45, 2.75) is 19.8 Å². The zero-order valence-electron chi connectivity index (χ0n) is 10.4. The van der Waals surface area contributed by atoms with Gasteiger partial charge in [-0.05, 0) is 12.8 Å². The van der Waals surface area contributed by atoms with Gasteiger partial charge >= 0.3 is 0 Å². The van der Waals surface area contributed by atoms with Crippen LogP contribution in [0.4, 0.5) is 0 Å². The van der Waals surface area contributed by atoms with E-state index in [-0.39, 0.29) is 23.6 Å². The summed E-state index contributed by atoms with van der Waals surface area (Å²) in [5.41, 5.74) is 5.48. The molecule has 0 aromatic rings. The van der Waals surface area contributed by atoms with Gasteiger partial charge in [-0.3, -0.25) is 4.79 Å². The quantitative estimate of drug-likeness (QED) is 0.321. The van der Waals surface area contributed by atoms with Gasteiger partial charge < -0.3 is 20.6 Å². The molecule has 1 aliphatic heterocycles. The van der Waals surface area contributed by atoms with Crippen LogP contribution in [0.15, 0.2) is 5.16 Å². The number of oxime groups is 1. The van der Waals surface area contributed by atoms with E-state index in [1.165, 1.54) is 0 Å². The van der Waals surface area contributed by atoms with Crippen LogP contribution < -0.4 is 5.73 Å². The second-order valence-corrected chi connectivity index (χ2v) is 4.56. The Labute approximate surface area is 101 Å². The first-order chi connectivity index (χ1) is 8.06. The standard InChI is InChI=1S/C11H21N3O3/c1-8(10(12)13-16)6-14(2)11(15)9-4-3-5-17-7-9/h8-9,16H,3-7H2,1-2H3,(H2,12,13). The summed E-state index contributed by atoms with van der Waals surface area (Å²) >= 11 is 0. The van der Waals surface area contributed by atoms with E-state index in [9.17, 15) is 4.79 Å². The Morgan fingerprint density at radius 2 is 2.41 bits per heavy atom. The third kappa shape index (κ3) is 3.89. The Kier molecular flexibility index (Phi) is 5.21. The molecule has 2 unspecified atom stereocenters. The van der Waals surface area contributed by atoms with E-state index in [1.54, 1.807) is 11.9 Å². The van der Waals surface area contributed by atoms with Crippen molar-refractivity contribution in [2.75, 3.05) is 26.8 Å². The van der Waals surface area contributed by atoms with E-state index in [2.05, 4.69) is 5.16 Å². The number of rotatable bonds is 4. The number of amidine groups is 1. The molecule has 6 nitrogen and oxygen atoms in total. The highest BCUT2D eigenvalue weighted by molar-refractivity contribution is 5.83. The van der Waals surface area contributed by atoms with Gasteiger partial charge in [0.25, 0.3) is 0 Å². The van der Waals surface area contributed by atoms with E-state index >= 15 is 0 Å². The lowest BCUT2D eigenvalue weighted by Gasteiger charge is -2.28. The number of nitrogens with zero attached hydrogens (tertiary/aromatic N) is 2. The van der Waals surface area contributed by atoms with E-state index in [0.29, 0.717) is 13.2 Å². The van der Waals surface area contributed by atoms with Crippen LogP contribution in [0.3, 0.4) is 0 Å². The highest BCUT2D eigenvalue weighted by Gasteiger charge is 2.25. The van der Waals surface area contributed by atoms with Crippen LogP contribution in [-0.4, -0.2) is 48.7 Å². The van der Waals surface area contributed by atoms with Crippen LogP contribution in [0.2, 0.25) is 0 Å². The van der Waals surface area contributed by atoms with Gasteiger partial charge in [-0.15, -0.1) is 0 Å². The van der Waals surface area contributed by atoms with Gasteiger partial charge in [-0.2, -0.15) is 0 Å². The molecule has 1 heterocycles. The number of hydrogen-bond donors (Lipinski definition) is 2. The topological polar surface area (TPSA) is 88.2 Å². The highest BCUT2D eigenvalue weighted by Crippen LogP contribution is 2.16. The molecule has 3 N–H and O–H groups in total. The molecule has 0 radical (unpaired) electrons. The molecule has 0 saturated carbocycles. The third-order valence-electron chi connectivity index (χ3n) is 3.05. The molecule has 17 heavy (non-hydrogen) atoms. The summed E-state index contributed by atoms with van der Waals surface area (Å²) in [5.74, 6) is 0.0125. The second kappa shape index (κ2) is 6.44. The lowest BCUT2D eigenvalue weighted by atomic mass is 10.0. The van der Waals surface area contributed by atoms with E-state index in [0.717, 1.165) is 19.4 Å². The summed E-state index contributed by atoms with van der Waals surface area (Å²) in [4.78, 5) is 13.7. The van der Waals surface area contributed by atoms with E-state index in [4.69, 9.17) is 15.7 Å². The molecule has 0 aliphatic carbocycles. The second-order valence-electron chi connectivity index (χ2n) is 4.56. The van der Waals surface area contributed by atoms with Crippen molar-refractivity contribution in [3.63, 3.8) is 0 Å². The molecule has 0 spiro atoms. The molecule has 1 fully saturated rings. The van der Waals surface area contributed by atoms with Crippen molar-refractivity contribution in [3.8, 4) is 0 Å². The number of hydrogen-bond acceptors (Lipinski definition) is 4. The molecule has 1 saturated heterocycles. The Hall–Kier alpha value is -1.30. The molecule has 2 atom stereocenters. The SMILES string of the molecule is CC(CN(C)C(=O)C1CCCOC1)C(N)=NO. The number of nitrogens with two attached hydrogens (primary N) is 1. The lowest BCUT2D eigenvalue weighted by Crippen LogP contribution is -2.41. The summed E-state index contributed by atoms with van der Waals surface area (Å²) < 4.78 is 5.29. The summed E-state index contributed by atoms with van der Waals surface area (Å²) in [7, 11) is 1.73. The first-order valence-electron chi connectivity index (χ1n) is 5.86. The predicted molar refractivity (Wildman–Crippen MR) is 63.8 cm³/mol. The zero-order valence-corrected chi connectivity index (χ0v) is 10.4. The summed E-state index contributed by atoms with van der Waals surface area (Å²) in [6.07, 6.45) is 1.81. The smallest absolute Gasteiger partial charge is 0.227 e. The minimum absolute atomic E-state index is 0.0479. The Bertz CT molecular complexity index is 288. The van der Waals surface area contributed by atoms with Crippen LogP contribution in [0.25, 0.3) is 0 Å². The summed E-state index contributed by atoms with van der Waals surface area (Å²) in [6, 6.07) is 0. The van der Waals surface area contributed by atoms with Gasteiger partial charge in [-0.1, -0.05) is 12.1 Å². The van der Waals surface area contributed by atoms with Gasteiger partial charge in [0, 0.05) is 26.1 Å². The number of carbonyl (C=O) groups is 1. The van der Waals surface area contributed by atoms with Crippen molar-refractivity contribution in [1.29, 1.82) is 0 Å². The Morgan fingerprint density at radius 1 is 1.71 bits per heavy atom. The summed E-state index contributed by atoms with van der Waals surface area (Å²) in [6.45, 7) is 3.51. The maximum atomic E-state index is 12.0. The number of ether oxygens (including phenoxy) is 1.